The van der Waals surface area contributed by atoms with E-state index in [0.29, 0.717) is 5.56 Å². The summed E-state index contributed by atoms with van der Waals surface area (Å²) in [6.45, 7) is 0. The van der Waals surface area contributed by atoms with E-state index in [2.05, 4.69) is 0 Å². The van der Waals surface area contributed by atoms with E-state index in [4.69, 9.17) is 4.74 Å². The van der Waals surface area contributed by atoms with Gasteiger partial charge in [-0.05, 0) is 0 Å². The van der Waals surface area contributed by atoms with E-state index in [1.54, 1.807) is 30.3 Å². The number of hydrogen-bond acceptors (Lipinski definition) is 4. The van der Waals surface area contributed by atoms with Gasteiger partial charge < -0.3 is 14.9 Å². The Labute approximate surface area is 107 Å². The second-order valence-corrected chi connectivity index (χ2v) is 3.74. The van der Waals surface area contributed by atoms with Gasteiger partial charge in [0.05, 0.1) is 7.11 Å². The maximum atomic E-state index is 12.2. The first kappa shape index (κ1) is 12.0. The van der Waals surface area contributed by atoms with Crippen molar-refractivity contribution in [1.82, 2.24) is 0 Å². The Morgan fingerprint density at radius 2 is 1.83 bits per heavy atom. The molecule has 0 atom stereocenters. The van der Waals surface area contributed by atoms with Crippen LogP contribution in [0, 0.1) is 0 Å². The molecule has 0 saturated carbocycles. The molecule has 0 spiro atoms. The molecule has 0 aromatic heterocycles. The number of hydrogen-bond donors (Lipinski definition) is 2. The van der Waals surface area contributed by atoms with E-state index in [-0.39, 0.29) is 31.4 Å². The van der Waals surface area contributed by atoms with Crippen LogP contribution in [0.5, 0.6) is 17.2 Å². The third-order valence-corrected chi connectivity index (χ3v) is 2.55. The SMILES string of the molecule is COc1cc(O)cc(O)c1C(=O)c1ccccc1.[HH].[HH]. The fourth-order valence-corrected chi connectivity index (χ4v) is 1.71. The third kappa shape index (κ3) is 2.13. The number of carbonyl (C=O) groups excluding carboxylic acids is 1. The minimum Gasteiger partial charge on any atom is -0.508 e. The van der Waals surface area contributed by atoms with Crippen LogP contribution in [-0.2, 0) is 0 Å². The zero-order chi connectivity index (χ0) is 13.1. The number of aromatic hydroxyl groups is 2. The first-order valence-electron chi connectivity index (χ1n) is 5.33. The lowest BCUT2D eigenvalue weighted by atomic mass is 10.0. The highest BCUT2D eigenvalue weighted by Gasteiger charge is 2.19. The van der Waals surface area contributed by atoms with Crippen LogP contribution in [0.25, 0.3) is 0 Å². The van der Waals surface area contributed by atoms with Crippen molar-refractivity contribution in [2.75, 3.05) is 7.11 Å². The fourth-order valence-electron chi connectivity index (χ4n) is 1.71. The van der Waals surface area contributed by atoms with E-state index in [1.165, 1.54) is 13.2 Å². The second-order valence-electron chi connectivity index (χ2n) is 3.74. The summed E-state index contributed by atoms with van der Waals surface area (Å²) in [5.41, 5.74) is 0.485. The quantitative estimate of drug-likeness (QED) is 0.820. The van der Waals surface area contributed by atoms with Gasteiger partial charge in [0.15, 0.2) is 0 Å². The van der Waals surface area contributed by atoms with E-state index < -0.39 is 0 Å². The fraction of sp³-hybridized carbons (Fsp3) is 0.0714. The molecule has 0 amide bonds. The van der Waals surface area contributed by atoms with Gasteiger partial charge in [-0.3, -0.25) is 4.79 Å². The Hall–Kier alpha value is -2.49. The summed E-state index contributed by atoms with van der Waals surface area (Å²) in [5, 5.41) is 19.1. The van der Waals surface area contributed by atoms with Gasteiger partial charge in [0, 0.05) is 20.5 Å². The average Bonchev–Trinajstić information content (AvgIpc) is 2.38. The molecule has 0 bridgehead atoms. The molecule has 2 rings (SSSR count). The van der Waals surface area contributed by atoms with E-state index in [1.807, 2.05) is 0 Å². The number of phenolic OH excluding ortho intramolecular Hbond substituents is 2. The topological polar surface area (TPSA) is 66.8 Å². The Balaban J connectivity index is 0.00000180. The molecular formula is C14H16O4. The molecular weight excluding hydrogens is 232 g/mol. The van der Waals surface area contributed by atoms with Gasteiger partial charge >= 0.3 is 0 Å². The van der Waals surface area contributed by atoms with Crippen LogP contribution in [0.3, 0.4) is 0 Å². The largest absolute Gasteiger partial charge is 0.508 e. The molecule has 0 aliphatic heterocycles. The molecule has 0 fully saturated rings. The van der Waals surface area contributed by atoms with Gasteiger partial charge in [0.25, 0.3) is 0 Å². The van der Waals surface area contributed by atoms with E-state index in [0.717, 1.165) is 6.07 Å². The lowest BCUT2D eigenvalue weighted by Gasteiger charge is -2.10. The van der Waals surface area contributed by atoms with Gasteiger partial charge in [-0.25, -0.2) is 0 Å². The van der Waals surface area contributed by atoms with Crippen molar-refractivity contribution < 1.29 is 22.6 Å². The molecule has 0 saturated heterocycles. The van der Waals surface area contributed by atoms with Gasteiger partial charge in [-0.15, -0.1) is 0 Å². The normalized spacial score (nSPS) is 10.1. The Bertz CT molecular complexity index is 585. The lowest BCUT2D eigenvalue weighted by Crippen LogP contribution is -2.04. The Kier molecular flexibility index (Phi) is 3.19. The van der Waals surface area contributed by atoms with Crippen molar-refractivity contribution in [1.29, 1.82) is 0 Å². The Morgan fingerprint density at radius 1 is 1.17 bits per heavy atom. The summed E-state index contributed by atoms with van der Waals surface area (Å²) in [6, 6.07) is 11.0. The lowest BCUT2D eigenvalue weighted by molar-refractivity contribution is 0.103. The Morgan fingerprint density at radius 3 is 2.44 bits per heavy atom. The van der Waals surface area contributed by atoms with Crippen molar-refractivity contribution >= 4 is 5.78 Å². The number of ether oxygens (including phenoxy) is 1. The van der Waals surface area contributed by atoms with Crippen LogP contribution in [0.1, 0.15) is 18.8 Å². The number of carbonyl (C=O) groups is 1. The van der Waals surface area contributed by atoms with Crippen molar-refractivity contribution in [2.24, 2.45) is 0 Å². The molecule has 0 aliphatic carbocycles. The van der Waals surface area contributed by atoms with Crippen LogP contribution in [0.15, 0.2) is 42.5 Å². The first-order valence-corrected chi connectivity index (χ1v) is 5.33. The second kappa shape index (κ2) is 4.79. The molecule has 0 heterocycles. The minimum atomic E-state index is -0.357. The number of benzene rings is 2. The number of rotatable bonds is 3. The number of methoxy groups -OCH3 is 1. The summed E-state index contributed by atoms with van der Waals surface area (Å²) in [6.07, 6.45) is 0. The highest BCUT2D eigenvalue weighted by Crippen LogP contribution is 2.34. The van der Waals surface area contributed by atoms with Crippen molar-refractivity contribution in [3.63, 3.8) is 0 Å². The molecule has 0 radical (unpaired) electrons. The molecule has 2 aromatic rings. The van der Waals surface area contributed by atoms with Gasteiger partial charge in [-0.1, -0.05) is 30.3 Å². The molecule has 18 heavy (non-hydrogen) atoms. The summed E-state index contributed by atoms with van der Waals surface area (Å²) < 4.78 is 5.01. The third-order valence-electron chi connectivity index (χ3n) is 2.55. The van der Waals surface area contributed by atoms with E-state index >= 15 is 0 Å². The zero-order valence-corrected chi connectivity index (χ0v) is 9.75. The summed E-state index contributed by atoms with van der Waals surface area (Å²) in [4.78, 5) is 12.2. The van der Waals surface area contributed by atoms with Crippen LogP contribution in [0.4, 0.5) is 0 Å². The molecule has 0 unspecified atom stereocenters. The molecule has 96 valence electrons. The van der Waals surface area contributed by atoms with E-state index in [9.17, 15) is 15.0 Å². The van der Waals surface area contributed by atoms with Gasteiger partial charge in [-0.2, -0.15) is 0 Å². The number of phenols is 2. The maximum absolute atomic E-state index is 12.2. The smallest absolute Gasteiger partial charge is 0.200 e. The molecule has 2 aromatic carbocycles. The van der Waals surface area contributed by atoms with Crippen molar-refractivity contribution in [2.45, 2.75) is 0 Å². The highest BCUT2D eigenvalue weighted by atomic mass is 16.5. The van der Waals surface area contributed by atoms with Crippen molar-refractivity contribution in [3.05, 3.63) is 53.6 Å². The zero-order valence-electron chi connectivity index (χ0n) is 9.75. The molecule has 2 N–H and O–H groups in total. The molecule has 0 aliphatic rings. The van der Waals surface area contributed by atoms with Gasteiger partial charge in [0.1, 0.15) is 22.8 Å². The van der Waals surface area contributed by atoms with Crippen LogP contribution in [0.2, 0.25) is 0 Å². The average molecular weight is 248 g/mol. The monoisotopic (exact) mass is 248 g/mol. The minimum absolute atomic E-state index is 0. The highest BCUT2D eigenvalue weighted by molar-refractivity contribution is 6.12. The standard InChI is InChI=1S/C14H12O4.2H2/c1-18-12-8-10(15)7-11(16)13(12)14(17)9-5-3-2-4-6-9;;/h2-8,15-16H,1H3;2*1H. The van der Waals surface area contributed by atoms with Crippen molar-refractivity contribution in [3.8, 4) is 17.2 Å². The molecule has 4 heteroatoms. The number of ketones is 1. The predicted molar refractivity (Wildman–Crippen MR) is 70.4 cm³/mol. The summed E-state index contributed by atoms with van der Waals surface area (Å²) in [5.74, 6) is -0.680. The van der Waals surface area contributed by atoms with Crippen LogP contribution < -0.4 is 4.74 Å². The molecule has 4 nitrogen and oxygen atoms in total. The predicted octanol–water partition coefficient (Wildman–Crippen LogP) is 2.83. The first-order chi connectivity index (χ1) is 8.63. The maximum Gasteiger partial charge on any atom is 0.200 e. The summed E-state index contributed by atoms with van der Waals surface area (Å²) in [7, 11) is 1.37. The summed E-state index contributed by atoms with van der Waals surface area (Å²) >= 11 is 0. The van der Waals surface area contributed by atoms with Crippen LogP contribution >= 0.6 is 0 Å². The van der Waals surface area contributed by atoms with Gasteiger partial charge in [0.2, 0.25) is 5.78 Å². The van der Waals surface area contributed by atoms with Crippen LogP contribution in [-0.4, -0.2) is 23.1 Å².